The summed E-state index contributed by atoms with van der Waals surface area (Å²) in [6.45, 7) is 0. The van der Waals surface area contributed by atoms with Crippen molar-refractivity contribution in [3.8, 4) is 44.5 Å². The van der Waals surface area contributed by atoms with E-state index >= 15 is 52.7 Å². The maximum Gasteiger partial charge on any atom is 0.430 e. The van der Waals surface area contributed by atoms with Crippen LogP contribution in [0.5, 0.6) is 0 Å². The number of aromatic nitrogens is 4. The third-order valence-electron chi connectivity index (χ3n) is 19.4. The summed E-state index contributed by atoms with van der Waals surface area (Å²) >= 11 is 0. The van der Waals surface area contributed by atoms with Crippen molar-refractivity contribution < 1.29 is 90.8 Å². The van der Waals surface area contributed by atoms with E-state index in [9.17, 15) is 19.2 Å². The molecule has 4 atom stereocenters. The molecule has 3 aromatic heterocycles. The van der Waals surface area contributed by atoms with Crippen molar-refractivity contribution in [1.82, 2.24) is 19.9 Å². The minimum Gasteiger partial charge on any atom is -0.356 e. The lowest BCUT2D eigenvalue weighted by Gasteiger charge is -2.33. The molecular weight excluding hydrogens is 1480 g/mol. The number of alkyl halides is 12. The number of rotatable bonds is 20. The van der Waals surface area contributed by atoms with E-state index in [-0.39, 0.29) is 112 Å². The van der Waals surface area contributed by atoms with Crippen LogP contribution >= 0.6 is 0 Å². The molecule has 112 heavy (non-hydrogen) atoms. The summed E-state index contributed by atoms with van der Waals surface area (Å²) in [7, 11) is 2.85. The molecule has 4 amide bonds. The van der Waals surface area contributed by atoms with Gasteiger partial charge in [-0.05, 0) is 72.8 Å². The second kappa shape index (κ2) is 30.2. The molecule has 0 radical (unpaired) electrons. The highest BCUT2D eigenvalue weighted by atomic mass is 19.4. The molecule has 6 N–H and O–H groups in total. The number of methoxy groups -OCH3 is 4. The van der Waals surface area contributed by atoms with Gasteiger partial charge in [-0.1, -0.05) is 194 Å². The maximum atomic E-state index is 15.8. The Morgan fingerprint density at radius 2 is 0.446 bits per heavy atom. The number of carbonyl (C=O) groups is 4. The SMILES string of the molecule is COC(C(=O)Nc1ccccc1-c1c2nc(c(-c3ccccc3NC(=O)C(OC)(c3ccccc3)C(F)(F)F)c3ccc([nH]3)c(-c3ccccc3NC(=O)C(OC)(c3ccccc3)C(F)(F)F)c3nc(c(-c4ccccc4NC(=O)C(OC)(c4ccccc4)C(F)(F)F)c4ccc1[nH]4)C=C3)C=C2)(c1ccccc1)C(F)(F)F. The predicted octanol–water partition coefficient (Wildman–Crippen LogP) is 19.5. The average molecular weight is 1540 g/mol. The molecule has 2 aliphatic heterocycles. The van der Waals surface area contributed by atoms with Crippen LogP contribution < -0.4 is 21.3 Å². The van der Waals surface area contributed by atoms with Crippen LogP contribution in [0.25, 0.3) is 90.9 Å². The van der Waals surface area contributed by atoms with E-state index in [4.69, 9.17) is 28.9 Å². The van der Waals surface area contributed by atoms with E-state index in [1.165, 1.54) is 218 Å². The van der Waals surface area contributed by atoms with E-state index in [1.807, 2.05) is 0 Å². The summed E-state index contributed by atoms with van der Waals surface area (Å²) in [4.78, 5) is 76.5. The number of nitrogens with one attached hydrogen (secondary N) is 6. The number of hydrogen-bond acceptors (Lipinski definition) is 10. The van der Waals surface area contributed by atoms with E-state index in [0.717, 1.165) is 48.5 Å². The number of aromatic amines is 2. The Bertz CT molecular complexity index is 5000. The van der Waals surface area contributed by atoms with Gasteiger partial charge in [-0.2, -0.15) is 52.7 Å². The molecule has 0 fully saturated rings. The molecule has 0 aliphatic carbocycles. The van der Waals surface area contributed by atoms with Crippen molar-refractivity contribution in [3.05, 3.63) is 288 Å². The number of H-pyrrole nitrogens is 2. The molecular formula is C84H62F12N8O8. The van der Waals surface area contributed by atoms with E-state index < -0.39 is 93.0 Å². The molecule has 2 aliphatic rings. The van der Waals surface area contributed by atoms with Crippen molar-refractivity contribution in [2.24, 2.45) is 0 Å². The van der Waals surface area contributed by atoms with Gasteiger partial charge >= 0.3 is 24.7 Å². The molecule has 0 saturated heterocycles. The third-order valence-corrected chi connectivity index (χ3v) is 19.4. The van der Waals surface area contributed by atoms with Gasteiger partial charge in [0, 0.05) is 140 Å². The topological polar surface area (TPSA) is 211 Å². The molecule has 8 bridgehead atoms. The Hall–Kier alpha value is -12.8. The van der Waals surface area contributed by atoms with Gasteiger partial charge in [0.2, 0.25) is 0 Å². The predicted molar refractivity (Wildman–Crippen MR) is 400 cm³/mol. The zero-order valence-corrected chi connectivity index (χ0v) is 59.1. The molecule has 28 heteroatoms. The largest absolute Gasteiger partial charge is 0.430 e. The molecule has 11 aromatic rings. The quantitative estimate of drug-likeness (QED) is 0.0398. The van der Waals surface area contributed by atoms with Crippen LogP contribution in [0, 0.1) is 0 Å². The van der Waals surface area contributed by atoms with Crippen molar-refractivity contribution in [2.45, 2.75) is 47.1 Å². The molecule has 13 rings (SSSR count). The van der Waals surface area contributed by atoms with Gasteiger partial charge in [-0.25, -0.2) is 9.97 Å². The maximum absolute atomic E-state index is 15.8. The summed E-state index contributed by atoms with van der Waals surface area (Å²) in [5.74, 6) is -6.81. The lowest BCUT2D eigenvalue weighted by molar-refractivity contribution is -0.264. The third kappa shape index (κ3) is 13.4. The molecule has 8 aromatic carbocycles. The number of nitrogens with zero attached hydrogens (tertiary/aromatic N) is 2. The summed E-state index contributed by atoms with van der Waals surface area (Å²) in [6.07, 6.45) is -15.8. The van der Waals surface area contributed by atoms with Crippen LogP contribution in [0.2, 0.25) is 0 Å². The van der Waals surface area contributed by atoms with Crippen molar-refractivity contribution >= 4 is 92.7 Å². The summed E-state index contributed by atoms with van der Waals surface area (Å²) in [5, 5.41) is 9.87. The first kappa shape index (κ1) is 77.4. The molecule has 16 nitrogen and oxygen atoms in total. The molecule has 5 heterocycles. The average Bonchev–Trinajstić information content (AvgIpc) is 0.820. The number of carbonyl (C=O) groups excluding carboxylic acids is 4. The van der Waals surface area contributed by atoms with Gasteiger partial charge in [0.15, 0.2) is 0 Å². The smallest absolute Gasteiger partial charge is 0.356 e. The minimum absolute atomic E-state index is 0.000761. The van der Waals surface area contributed by atoms with Gasteiger partial charge in [-0.15, -0.1) is 0 Å². The number of para-hydroxylation sites is 4. The fourth-order valence-corrected chi connectivity index (χ4v) is 14.1. The molecule has 0 saturated carbocycles. The van der Waals surface area contributed by atoms with Gasteiger partial charge in [0.25, 0.3) is 46.0 Å². The van der Waals surface area contributed by atoms with Gasteiger partial charge in [0.05, 0.1) is 22.8 Å². The molecule has 570 valence electrons. The second-order valence-electron chi connectivity index (χ2n) is 25.5. The Morgan fingerprint density at radius 1 is 0.268 bits per heavy atom. The number of hydrogen-bond donors (Lipinski definition) is 6. The molecule has 4 unspecified atom stereocenters. The normalized spacial score (nSPS) is 14.6. The molecule has 0 spiro atoms. The number of benzene rings is 8. The number of ether oxygens (including phenoxy) is 4. The number of fused-ring (bicyclic) bond motifs is 8. The van der Waals surface area contributed by atoms with Crippen LogP contribution in [-0.4, -0.2) is 96.7 Å². The monoisotopic (exact) mass is 1540 g/mol. The Labute approximate surface area is 629 Å². The highest BCUT2D eigenvalue weighted by Gasteiger charge is 2.66. The van der Waals surface area contributed by atoms with Crippen molar-refractivity contribution in [2.75, 3.05) is 49.7 Å². The Balaban J connectivity index is 1.14. The number of anilines is 4. The first-order valence-corrected chi connectivity index (χ1v) is 34.0. The van der Waals surface area contributed by atoms with Crippen LogP contribution in [0.1, 0.15) is 45.0 Å². The van der Waals surface area contributed by atoms with E-state index in [1.54, 1.807) is 0 Å². The first-order chi connectivity index (χ1) is 53.5. The fraction of sp³-hybridized carbons (Fsp3) is 0.143. The highest BCUT2D eigenvalue weighted by molar-refractivity contribution is 6.10. The lowest BCUT2D eigenvalue weighted by atomic mass is 9.91. The lowest BCUT2D eigenvalue weighted by Crippen LogP contribution is -2.53. The van der Waals surface area contributed by atoms with Gasteiger partial charge < -0.3 is 50.2 Å². The zero-order valence-electron chi connectivity index (χ0n) is 59.1. The van der Waals surface area contributed by atoms with Crippen LogP contribution in [0.3, 0.4) is 0 Å². The van der Waals surface area contributed by atoms with Crippen molar-refractivity contribution in [3.63, 3.8) is 0 Å². The van der Waals surface area contributed by atoms with Gasteiger partial charge in [-0.3, -0.25) is 19.2 Å². The van der Waals surface area contributed by atoms with Crippen molar-refractivity contribution in [1.29, 1.82) is 0 Å². The number of halogens is 12. The van der Waals surface area contributed by atoms with Crippen LogP contribution in [0.4, 0.5) is 75.4 Å². The summed E-state index contributed by atoms with van der Waals surface area (Å²) < 4.78 is 210. The van der Waals surface area contributed by atoms with E-state index in [2.05, 4.69) is 31.2 Å². The number of amides is 4. The second-order valence-corrected chi connectivity index (χ2v) is 25.5. The standard InChI is InChI=1S/C84H62F12N8O8/c1-109-77(81(85,86)87,49-25-9-5-10-26-49)73(105)101-57-37-21-17-33-53(57)69-61-41-43-63(97-61)70(54-34-18-22-38-58(54)102-74(106)78(110-2,82(88,89)90)50-27-11-6-12-28-50)65-45-47-67(99-65)72(56-36-20-24-40-60(56)104-76(108)80(112-4,84(94,95)96)52-31-15-8-16-32-52)68-48-46-66(100-68)71(64-44-42-62(69)98-64)55-35-19-23-39-59(55)103-75(107)79(111-3,83(91,92)93)51-29-13-7-14-30-51/h5-48,97,100H,1-4H3,(H,101,105)(H,102,106)(H,103,107)(H,104,108). The van der Waals surface area contributed by atoms with Crippen LogP contribution in [-0.2, 0) is 60.5 Å². The minimum atomic E-state index is -5.42. The zero-order chi connectivity index (χ0) is 79.8. The van der Waals surface area contributed by atoms with Gasteiger partial charge in [0.1, 0.15) is 0 Å². The van der Waals surface area contributed by atoms with Crippen LogP contribution in [0.15, 0.2) is 243 Å². The summed E-state index contributed by atoms with van der Waals surface area (Å²) in [5.41, 5.74) is -18.3. The highest BCUT2D eigenvalue weighted by Crippen LogP contribution is 2.51. The summed E-state index contributed by atoms with van der Waals surface area (Å²) in [6, 6.07) is 53.0. The fourth-order valence-electron chi connectivity index (χ4n) is 14.1. The van der Waals surface area contributed by atoms with E-state index in [0.29, 0.717) is 28.4 Å². The Kier molecular flexibility index (Phi) is 20.9. The first-order valence-electron chi connectivity index (χ1n) is 34.0. The Morgan fingerprint density at radius 3 is 0.625 bits per heavy atom.